The van der Waals surface area contributed by atoms with Gasteiger partial charge in [-0.3, -0.25) is 4.90 Å². The van der Waals surface area contributed by atoms with Crippen LogP contribution in [0.25, 0.3) is 0 Å². The molecule has 16 heavy (non-hydrogen) atoms. The molecule has 0 aromatic heterocycles. The van der Waals surface area contributed by atoms with Gasteiger partial charge in [-0.25, -0.2) is 0 Å². The maximum atomic E-state index is 2.69. The molecule has 0 unspecified atom stereocenters. The van der Waals surface area contributed by atoms with E-state index in [0.717, 1.165) is 12.5 Å². The lowest BCUT2D eigenvalue weighted by Gasteiger charge is -2.44. The van der Waals surface area contributed by atoms with Crippen LogP contribution in [0.3, 0.4) is 0 Å². The van der Waals surface area contributed by atoms with Crippen molar-refractivity contribution in [2.24, 2.45) is 0 Å². The maximum absolute atomic E-state index is 2.69. The summed E-state index contributed by atoms with van der Waals surface area (Å²) in [5, 5.41) is 0. The molecule has 0 aromatic carbocycles. The molecule has 2 fully saturated rings. The Bertz CT molecular complexity index is 294. The van der Waals surface area contributed by atoms with Crippen LogP contribution in [0.5, 0.6) is 0 Å². The highest BCUT2D eigenvalue weighted by molar-refractivity contribution is 5.25. The lowest BCUT2D eigenvalue weighted by atomic mass is 9.91. The third-order valence-corrected chi connectivity index (χ3v) is 4.14. The van der Waals surface area contributed by atoms with E-state index < -0.39 is 0 Å². The summed E-state index contributed by atoms with van der Waals surface area (Å²) in [6.45, 7) is 4.96. The van der Waals surface area contributed by atoms with Crippen LogP contribution in [-0.4, -0.2) is 42.0 Å². The van der Waals surface area contributed by atoms with Gasteiger partial charge in [-0.05, 0) is 31.8 Å². The van der Waals surface area contributed by atoms with E-state index in [1.807, 2.05) is 0 Å². The highest BCUT2D eigenvalue weighted by Crippen LogP contribution is 2.26. The molecular formula is C14H21N2. The Morgan fingerprint density at radius 3 is 2.44 bits per heavy atom. The van der Waals surface area contributed by atoms with Crippen molar-refractivity contribution in [2.75, 3.05) is 26.2 Å². The summed E-state index contributed by atoms with van der Waals surface area (Å²) in [6, 6.07) is 0.923. The molecule has 0 atom stereocenters. The molecule has 87 valence electrons. The molecule has 3 aliphatic rings. The predicted molar refractivity (Wildman–Crippen MR) is 66.9 cm³/mol. The lowest BCUT2D eigenvalue weighted by molar-refractivity contribution is 0.0758. The van der Waals surface area contributed by atoms with Gasteiger partial charge in [0.1, 0.15) is 0 Å². The zero-order valence-electron chi connectivity index (χ0n) is 9.94. The zero-order chi connectivity index (χ0) is 10.8. The predicted octanol–water partition coefficient (Wildman–Crippen LogP) is 2.20. The van der Waals surface area contributed by atoms with Gasteiger partial charge >= 0.3 is 0 Å². The first-order chi connectivity index (χ1) is 7.93. The van der Waals surface area contributed by atoms with Crippen LogP contribution in [0.1, 0.15) is 25.7 Å². The first-order valence-corrected chi connectivity index (χ1v) is 6.62. The quantitative estimate of drug-likeness (QED) is 0.699. The van der Waals surface area contributed by atoms with Crippen molar-refractivity contribution in [3.63, 3.8) is 0 Å². The van der Waals surface area contributed by atoms with Crippen LogP contribution in [0.15, 0.2) is 23.9 Å². The molecule has 3 rings (SSSR count). The van der Waals surface area contributed by atoms with Gasteiger partial charge in [0, 0.05) is 37.9 Å². The van der Waals surface area contributed by atoms with Gasteiger partial charge in [-0.15, -0.1) is 0 Å². The Morgan fingerprint density at radius 1 is 1.06 bits per heavy atom. The number of hydrogen-bond donors (Lipinski definition) is 0. The smallest absolute Gasteiger partial charge is 0.0323 e. The van der Waals surface area contributed by atoms with E-state index in [0.29, 0.717) is 0 Å². The fraction of sp³-hybridized carbons (Fsp3) is 0.643. The summed E-state index contributed by atoms with van der Waals surface area (Å²) < 4.78 is 0. The fourth-order valence-electron chi connectivity index (χ4n) is 2.83. The first-order valence-electron chi connectivity index (χ1n) is 6.62. The fourth-order valence-corrected chi connectivity index (χ4v) is 2.83. The van der Waals surface area contributed by atoms with E-state index in [4.69, 9.17) is 0 Å². The normalized spacial score (nSPS) is 27.8. The van der Waals surface area contributed by atoms with Crippen LogP contribution in [0.2, 0.25) is 0 Å². The highest BCUT2D eigenvalue weighted by atomic mass is 15.3. The number of allylic oxidation sites excluding steroid dienone is 3. The van der Waals surface area contributed by atoms with Gasteiger partial charge in [0.15, 0.2) is 0 Å². The molecule has 1 heterocycles. The van der Waals surface area contributed by atoms with E-state index in [9.17, 15) is 0 Å². The third-order valence-electron chi connectivity index (χ3n) is 4.14. The van der Waals surface area contributed by atoms with Gasteiger partial charge in [0.2, 0.25) is 0 Å². The van der Waals surface area contributed by atoms with Crippen molar-refractivity contribution < 1.29 is 0 Å². The Kier molecular flexibility index (Phi) is 3.00. The maximum Gasteiger partial charge on any atom is 0.0323 e. The summed E-state index contributed by atoms with van der Waals surface area (Å²) in [5.41, 5.74) is 1.44. The molecule has 1 saturated carbocycles. The highest BCUT2D eigenvalue weighted by Gasteiger charge is 2.28. The zero-order valence-corrected chi connectivity index (χ0v) is 9.94. The van der Waals surface area contributed by atoms with E-state index in [1.165, 1.54) is 51.1 Å². The average Bonchev–Trinajstić information content (AvgIpc) is 2.29. The number of nitrogens with zero attached hydrogens (tertiary/aromatic N) is 2. The van der Waals surface area contributed by atoms with Crippen LogP contribution in [0.4, 0.5) is 0 Å². The Hall–Kier alpha value is -0.760. The van der Waals surface area contributed by atoms with Crippen LogP contribution in [-0.2, 0) is 0 Å². The standard InChI is InChI=1S/C14H21N2/c1-2-5-13(6-3-1)15-9-11-16(12-10-15)14-7-4-8-14/h1-2,5-6,14H,3-4,7-12H2. The minimum atomic E-state index is 0.923. The van der Waals surface area contributed by atoms with Crippen molar-refractivity contribution in [3.05, 3.63) is 30.3 Å². The Labute approximate surface area is 98.6 Å². The van der Waals surface area contributed by atoms with E-state index in [2.05, 4.69) is 34.4 Å². The van der Waals surface area contributed by atoms with E-state index in [1.54, 1.807) is 0 Å². The van der Waals surface area contributed by atoms with Gasteiger partial charge in [0.25, 0.3) is 0 Å². The summed E-state index contributed by atoms with van der Waals surface area (Å²) in [4.78, 5) is 5.23. The van der Waals surface area contributed by atoms with Gasteiger partial charge in [-0.2, -0.15) is 0 Å². The molecule has 1 radical (unpaired) electrons. The van der Waals surface area contributed by atoms with Gasteiger partial charge in [0.05, 0.1) is 0 Å². The summed E-state index contributed by atoms with van der Waals surface area (Å²) in [6.07, 6.45) is 14.4. The first kappa shape index (κ1) is 10.4. The minimum absolute atomic E-state index is 0.923. The Balaban J connectivity index is 1.53. The molecule has 2 nitrogen and oxygen atoms in total. The lowest BCUT2D eigenvalue weighted by Crippen LogP contribution is -2.51. The number of hydrogen-bond acceptors (Lipinski definition) is 2. The van der Waals surface area contributed by atoms with Crippen molar-refractivity contribution in [2.45, 2.75) is 31.7 Å². The number of piperazine rings is 1. The largest absolute Gasteiger partial charge is 0.369 e. The molecule has 0 amide bonds. The molecule has 1 saturated heterocycles. The summed E-state index contributed by atoms with van der Waals surface area (Å²) in [5.74, 6) is 0. The summed E-state index contributed by atoms with van der Waals surface area (Å²) in [7, 11) is 0. The molecule has 0 N–H and O–H groups in total. The molecule has 2 heteroatoms. The van der Waals surface area contributed by atoms with Crippen molar-refractivity contribution >= 4 is 0 Å². The van der Waals surface area contributed by atoms with Crippen molar-refractivity contribution in [3.8, 4) is 0 Å². The van der Waals surface area contributed by atoms with Crippen LogP contribution in [0, 0.1) is 6.42 Å². The molecule has 0 aromatic rings. The molecule has 0 bridgehead atoms. The van der Waals surface area contributed by atoms with Crippen LogP contribution < -0.4 is 0 Å². The topological polar surface area (TPSA) is 6.48 Å². The molecule has 0 spiro atoms. The summed E-state index contributed by atoms with van der Waals surface area (Å²) >= 11 is 0. The van der Waals surface area contributed by atoms with Gasteiger partial charge < -0.3 is 4.90 Å². The van der Waals surface area contributed by atoms with E-state index >= 15 is 0 Å². The minimum Gasteiger partial charge on any atom is -0.369 e. The van der Waals surface area contributed by atoms with Gasteiger partial charge in [-0.1, -0.05) is 18.6 Å². The van der Waals surface area contributed by atoms with Crippen molar-refractivity contribution in [1.29, 1.82) is 0 Å². The number of rotatable bonds is 2. The second-order valence-corrected chi connectivity index (χ2v) is 5.07. The average molecular weight is 217 g/mol. The molecule has 2 aliphatic carbocycles. The second-order valence-electron chi connectivity index (χ2n) is 5.07. The monoisotopic (exact) mass is 217 g/mol. The van der Waals surface area contributed by atoms with Crippen molar-refractivity contribution in [1.82, 2.24) is 9.80 Å². The Morgan fingerprint density at radius 2 is 1.88 bits per heavy atom. The van der Waals surface area contributed by atoms with Crippen LogP contribution >= 0.6 is 0 Å². The molecular weight excluding hydrogens is 196 g/mol. The second kappa shape index (κ2) is 4.62. The van der Waals surface area contributed by atoms with E-state index in [-0.39, 0.29) is 0 Å². The third kappa shape index (κ3) is 2.03. The molecule has 1 aliphatic heterocycles. The SMILES string of the molecule is [CH]1C=CC(N2CCN(C3CCC3)CC2)=CC1.